The Morgan fingerprint density at radius 1 is 1.15 bits per heavy atom. The Bertz CT molecular complexity index is 670. The molecule has 1 unspecified atom stereocenters. The molecule has 2 aromatic rings. The molecule has 0 amide bonds. The van der Waals surface area contributed by atoms with E-state index in [2.05, 4.69) is 72.8 Å². The van der Waals surface area contributed by atoms with Crippen LogP contribution in [0.1, 0.15) is 50.9 Å². The van der Waals surface area contributed by atoms with Gasteiger partial charge in [0.25, 0.3) is 0 Å². The van der Waals surface area contributed by atoms with Gasteiger partial charge >= 0.3 is 0 Å². The highest BCUT2D eigenvalue weighted by atomic mass is 16.5. The number of hydrogen-bond donors (Lipinski definition) is 1. The van der Waals surface area contributed by atoms with Crippen LogP contribution >= 0.6 is 0 Å². The van der Waals surface area contributed by atoms with Crippen molar-refractivity contribution in [2.45, 2.75) is 58.7 Å². The van der Waals surface area contributed by atoms with E-state index >= 15 is 0 Å². The van der Waals surface area contributed by atoms with E-state index in [1.807, 2.05) is 6.92 Å². The molecule has 0 saturated heterocycles. The number of nitrogens with zero attached hydrogens (tertiary/aromatic N) is 2. The molecule has 2 rings (SSSR count). The zero-order valence-corrected chi connectivity index (χ0v) is 17.6. The van der Waals surface area contributed by atoms with Crippen LogP contribution in [0.3, 0.4) is 0 Å². The van der Waals surface area contributed by atoms with Crippen LogP contribution in [0.25, 0.3) is 0 Å². The zero-order chi connectivity index (χ0) is 19.9. The van der Waals surface area contributed by atoms with Crippen LogP contribution < -0.4 is 0 Å². The van der Waals surface area contributed by atoms with Crippen LogP contribution in [0.4, 0.5) is 0 Å². The normalized spacial score (nSPS) is 13.3. The molecule has 1 atom stereocenters. The van der Waals surface area contributed by atoms with Crippen LogP contribution in [-0.4, -0.2) is 47.5 Å². The molecule has 0 bridgehead atoms. The highest BCUT2D eigenvalue weighted by Crippen LogP contribution is 2.22. The van der Waals surface area contributed by atoms with E-state index in [9.17, 15) is 5.11 Å². The summed E-state index contributed by atoms with van der Waals surface area (Å²) >= 11 is 0. The first-order valence-corrected chi connectivity index (χ1v) is 9.96. The first-order valence-electron chi connectivity index (χ1n) is 9.96. The molecule has 4 heteroatoms. The van der Waals surface area contributed by atoms with Crippen molar-refractivity contribution >= 4 is 0 Å². The summed E-state index contributed by atoms with van der Waals surface area (Å²) in [5.74, 6) is 0. The number of hydrogen-bond acceptors (Lipinski definition) is 3. The first kappa shape index (κ1) is 21.7. The standard InChI is InChI=1S/C23H36N2O2/c1-6-22(26)18-24(14-15-27-5)17-21-8-7-13-25(21)16-19-9-11-20(12-10-19)23(2,3)4/h7-13,22,26H,6,14-18H2,1-5H3. The van der Waals surface area contributed by atoms with E-state index < -0.39 is 0 Å². The van der Waals surface area contributed by atoms with Crippen molar-refractivity contribution in [3.05, 3.63) is 59.4 Å². The van der Waals surface area contributed by atoms with Crippen LogP contribution in [0.5, 0.6) is 0 Å². The summed E-state index contributed by atoms with van der Waals surface area (Å²) in [6.45, 7) is 12.6. The van der Waals surface area contributed by atoms with Crippen LogP contribution in [0.2, 0.25) is 0 Å². The number of ether oxygens (including phenoxy) is 1. The monoisotopic (exact) mass is 372 g/mol. The third-order valence-electron chi connectivity index (χ3n) is 5.03. The molecule has 27 heavy (non-hydrogen) atoms. The van der Waals surface area contributed by atoms with E-state index in [4.69, 9.17) is 4.74 Å². The minimum atomic E-state index is -0.296. The molecule has 0 aliphatic heterocycles. The second-order valence-electron chi connectivity index (χ2n) is 8.36. The smallest absolute Gasteiger partial charge is 0.0664 e. The minimum absolute atomic E-state index is 0.180. The molecule has 0 fully saturated rings. The van der Waals surface area contributed by atoms with Crippen LogP contribution in [0, 0.1) is 0 Å². The number of aliphatic hydroxyl groups is 1. The van der Waals surface area contributed by atoms with Gasteiger partial charge in [-0.3, -0.25) is 4.90 Å². The summed E-state index contributed by atoms with van der Waals surface area (Å²) in [5, 5.41) is 10.1. The highest BCUT2D eigenvalue weighted by molar-refractivity contribution is 5.28. The van der Waals surface area contributed by atoms with E-state index in [1.165, 1.54) is 16.8 Å². The fourth-order valence-corrected chi connectivity index (χ4v) is 3.17. The number of rotatable bonds is 10. The van der Waals surface area contributed by atoms with Gasteiger partial charge in [-0.15, -0.1) is 0 Å². The molecule has 150 valence electrons. The van der Waals surface area contributed by atoms with E-state index in [0.29, 0.717) is 13.2 Å². The van der Waals surface area contributed by atoms with Gasteiger partial charge in [-0.2, -0.15) is 0 Å². The lowest BCUT2D eigenvalue weighted by molar-refractivity contribution is 0.0818. The maximum Gasteiger partial charge on any atom is 0.0664 e. The maximum absolute atomic E-state index is 10.1. The zero-order valence-electron chi connectivity index (χ0n) is 17.6. The van der Waals surface area contributed by atoms with Gasteiger partial charge in [0, 0.05) is 45.2 Å². The molecule has 4 nitrogen and oxygen atoms in total. The first-order chi connectivity index (χ1) is 12.8. The maximum atomic E-state index is 10.1. The van der Waals surface area contributed by atoms with Crippen molar-refractivity contribution in [1.82, 2.24) is 9.47 Å². The third kappa shape index (κ3) is 6.80. The van der Waals surface area contributed by atoms with Crippen molar-refractivity contribution < 1.29 is 9.84 Å². The lowest BCUT2D eigenvalue weighted by Crippen LogP contribution is -2.34. The van der Waals surface area contributed by atoms with Crippen LogP contribution in [-0.2, 0) is 23.2 Å². The molecule has 1 aromatic carbocycles. The Morgan fingerprint density at radius 3 is 2.44 bits per heavy atom. The third-order valence-corrected chi connectivity index (χ3v) is 5.03. The summed E-state index contributed by atoms with van der Waals surface area (Å²) < 4.78 is 7.54. The molecule has 0 aliphatic carbocycles. The van der Waals surface area contributed by atoms with E-state index in [-0.39, 0.29) is 11.5 Å². The van der Waals surface area contributed by atoms with Gasteiger partial charge in [0.15, 0.2) is 0 Å². The lowest BCUT2D eigenvalue weighted by Gasteiger charge is -2.25. The lowest BCUT2D eigenvalue weighted by atomic mass is 9.87. The van der Waals surface area contributed by atoms with E-state index in [0.717, 1.165) is 26.1 Å². The van der Waals surface area contributed by atoms with Crippen LogP contribution in [0.15, 0.2) is 42.6 Å². The predicted molar refractivity (Wildman–Crippen MR) is 112 cm³/mol. The SMILES string of the molecule is CCC(O)CN(CCOC)Cc1cccn1Cc1ccc(C(C)(C)C)cc1. The van der Waals surface area contributed by atoms with Gasteiger partial charge < -0.3 is 14.4 Å². The van der Waals surface area contributed by atoms with Gasteiger partial charge in [-0.25, -0.2) is 0 Å². The number of benzene rings is 1. The quantitative estimate of drug-likeness (QED) is 0.684. The topological polar surface area (TPSA) is 37.6 Å². The second-order valence-corrected chi connectivity index (χ2v) is 8.36. The molecule has 0 spiro atoms. The molecule has 0 aliphatic rings. The Balaban J connectivity index is 2.07. The fourth-order valence-electron chi connectivity index (χ4n) is 3.17. The van der Waals surface area contributed by atoms with Gasteiger partial charge in [-0.05, 0) is 35.1 Å². The Kier molecular flexibility index (Phi) is 8.08. The van der Waals surface area contributed by atoms with Gasteiger partial charge in [0.2, 0.25) is 0 Å². The van der Waals surface area contributed by atoms with Crippen molar-refractivity contribution in [3.8, 4) is 0 Å². The fraction of sp³-hybridized carbons (Fsp3) is 0.565. The summed E-state index contributed by atoms with van der Waals surface area (Å²) in [7, 11) is 1.72. The molecule has 0 radical (unpaired) electrons. The number of aromatic nitrogens is 1. The molecular formula is C23H36N2O2. The largest absolute Gasteiger partial charge is 0.392 e. The minimum Gasteiger partial charge on any atom is -0.392 e. The van der Waals surface area contributed by atoms with Crippen molar-refractivity contribution in [1.29, 1.82) is 0 Å². The van der Waals surface area contributed by atoms with Gasteiger partial charge in [0.1, 0.15) is 0 Å². The molecule has 1 N–H and O–H groups in total. The molecule has 1 aromatic heterocycles. The molecular weight excluding hydrogens is 336 g/mol. The predicted octanol–water partition coefficient (Wildman–Crippen LogP) is 4.05. The highest BCUT2D eigenvalue weighted by Gasteiger charge is 2.14. The van der Waals surface area contributed by atoms with Gasteiger partial charge in [-0.1, -0.05) is 52.0 Å². The summed E-state index contributed by atoms with van der Waals surface area (Å²) in [4.78, 5) is 2.27. The number of aliphatic hydroxyl groups excluding tert-OH is 1. The Morgan fingerprint density at radius 2 is 1.85 bits per heavy atom. The van der Waals surface area contributed by atoms with Crippen molar-refractivity contribution in [2.75, 3.05) is 26.8 Å². The number of methoxy groups -OCH3 is 1. The summed E-state index contributed by atoms with van der Waals surface area (Å²) in [5.41, 5.74) is 4.10. The average molecular weight is 373 g/mol. The average Bonchev–Trinajstić information content (AvgIpc) is 3.05. The molecule has 1 heterocycles. The van der Waals surface area contributed by atoms with E-state index in [1.54, 1.807) is 7.11 Å². The van der Waals surface area contributed by atoms with Crippen molar-refractivity contribution in [3.63, 3.8) is 0 Å². The second kappa shape index (κ2) is 10.1. The van der Waals surface area contributed by atoms with Crippen molar-refractivity contribution in [2.24, 2.45) is 0 Å². The summed E-state index contributed by atoms with van der Waals surface area (Å²) in [6.07, 6.45) is 2.61. The Labute approximate surface area is 164 Å². The van der Waals surface area contributed by atoms with Gasteiger partial charge in [0.05, 0.1) is 12.7 Å². The Hall–Kier alpha value is -1.62. The summed E-state index contributed by atoms with van der Waals surface area (Å²) in [6, 6.07) is 13.2. The molecule has 0 saturated carbocycles.